The zero-order valence-electron chi connectivity index (χ0n) is 10.2. The first-order valence-corrected chi connectivity index (χ1v) is 5.62. The molecule has 0 unspecified atom stereocenters. The highest BCUT2D eigenvalue weighted by Gasteiger charge is 2.06. The summed E-state index contributed by atoms with van der Waals surface area (Å²) in [6, 6.07) is 10.0. The maximum absolute atomic E-state index is 13.1. The minimum atomic E-state index is -0.663. The number of benzene rings is 2. The second kappa shape index (κ2) is 5.80. The number of halogens is 2. The van der Waals surface area contributed by atoms with Crippen molar-refractivity contribution in [2.24, 2.45) is 0 Å². The number of urea groups is 1. The van der Waals surface area contributed by atoms with Gasteiger partial charge in [-0.05, 0) is 36.4 Å². The van der Waals surface area contributed by atoms with Gasteiger partial charge in [-0.3, -0.25) is 0 Å². The van der Waals surface area contributed by atoms with E-state index >= 15 is 0 Å². The van der Waals surface area contributed by atoms with Gasteiger partial charge in [-0.15, -0.1) is 0 Å². The molecule has 0 heterocycles. The van der Waals surface area contributed by atoms with Gasteiger partial charge in [0.05, 0.1) is 5.56 Å². The van der Waals surface area contributed by atoms with Crippen molar-refractivity contribution < 1.29 is 13.6 Å². The molecule has 0 fully saturated rings. The molecule has 0 atom stereocenters. The van der Waals surface area contributed by atoms with Gasteiger partial charge in [-0.25, -0.2) is 13.6 Å². The molecule has 20 heavy (non-hydrogen) atoms. The van der Waals surface area contributed by atoms with Crippen LogP contribution in [0, 0.1) is 23.0 Å². The van der Waals surface area contributed by atoms with Crippen LogP contribution in [0.3, 0.4) is 0 Å². The van der Waals surface area contributed by atoms with E-state index in [0.29, 0.717) is 0 Å². The van der Waals surface area contributed by atoms with E-state index in [0.717, 1.165) is 12.1 Å². The Morgan fingerprint density at radius 1 is 1.05 bits per heavy atom. The molecular weight excluding hydrogens is 264 g/mol. The highest BCUT2D eigenvalue weighted by Crippen LogP contribution is 2.15. The van der Waals surface area contributed by atoms with Gasteiger partial charge in [-0.2, -0.15) is 5.26 Å². The van der Waals surface area contributed by atoms with E-state index in [9.17, 15) is 13.6 Å². The van der Waals surface area contributed by atoms with Crippen molar-refractivity contribution in [1.29, 1.82) is 5.26 Å². The number of amides is 2. The Morgan fingerprint density at radius 2 is 1.75 bits per heavy atom. The maximum atomic E-state index is 13.1. The summed E-state index contributed by atoms with van der Waals surface area (Å²) in [5.41, 5.74) is 0.371. The van der Waals surface area contributed by atoms with E-state index in [1.54, 1.807) is 6.07 Å². The number of hydrogen-bond acceptors (Lipinski definition) is 2. The SMILES string of the molecule is N#Cc1cc(NC(=O)Nc2cccc(F)c2)ccc1F. The Bertz CT molecular complexity index is 695. The number of carbonyl (C=O) groups is 1. The van der Waals surface area contributed by atoms with Crippen molar-refractivity contribution >= 4 is 17.4 Å². The number of anilines is 2. The van der Waals surface area contributed by atoms with Crippen LogP contribution in [0.2, 0.25) is 0 Å². The van der Waals surface area contributed by atoms with Crippen LogP contribution in [0.25, 0.3) is 0 Å². The van der Waals surface area contributed by atoms with Gasteiger partial charge in [-0.1, -0.05) is 6.07 Å². The smallest absolute Gasteiger partial charge is 0.308 e. The van der Waals surface area contributed by atoms with E-state index in [2.05, 4.69) is 10.6 Å². The van der Waals surface area contributed by atoms with Crippen molar-refractivity contribution in [2.45, 2.75) is 0 Å². The number of nitrogens with zero attached hydrogens (tertiary/aromatic N) is 1. The Balaban J connectivity index is 2.07. The first kappa shape index (κ1) is 13.5. The quantitative estimate of drug-likeness (QED) is 0.879. The van der Waals surface area contributed by atoms with Crippen molar-refractivity contribution in [3.05, 3.63) is 59.7 Å². The lowest BCUT2D eigenvalue weighted by molar-refractivity contribution is 0.262. The van der Waals surface area contributed by atoms with Crippen LogP contribution in [-0.2, 0) is 0 Å². The Labute approximate surface area is 113 Å². The Morgan fingerprint density at radius 3 is 2.40 bits per heavy atom. The zero-order chi connectivity index (χ0) is 14.5. The van der Waals surface area contributed by atoms with E-state index < -0.39 is 17.7 Å². The summed E-state index contributed by atoms with van der Waals surface area (Å²) in [5.74, 6) is -1.14. The molecule has 0 bridgehead atoms. The molecule has 6 heteroatoms. The second-order valence-electron chi connectivity index (χ2n) is 3.90. The summed E-state index contributed by atoms with van der Waals surface area (Å²) in [5, 5.41) is 13.5. The predicted octanol–water partition coefficient (Wildman–Crippen LogP) is 3.48. The van der Waals surface area contributed by atoms with Crippen LogP contribution >= 0.6 is 0 Å². The summed E-state index contributed by atoms with van der Waals surface area (Å²) >= 11 is 0. The van der Waals surface area contributed by atoms with Crippen LogP contribution in [0.1, 0.15) is 5.56 Å². The van der Waals surface area contributed by atoms with Gasteiger partial charge in [0.2, 0.25) is 0 Å². The van der Waals surface area contributed by atoms with Crippen molar-refractivity contribution in [1.82, 2.24) is 0 Å². The lowest BCUT2D eigenvalue weighted by Gasteiger charge is -2.08. The Kier molecular flexibility index (Phi) is 3.91. The molecule has 2 N–H and O–H groups in total. The van der Waals surface area contributed by atoms with Gasteiger partial charge in [0.25, 0.3) is 0 Å². The van der Waals surface area contributed by atoms with Crippen molar-refractivity contribution in [3.8, 4) is 6.07 Å². The van der Waals surface area contributed by atoms with E-state index in [1.807, 2.05) is 0 Å². The monoisotopic (exact) mass is 273 g/mol. The number of hydrogen-bond donors (Lipinski definition) is 2. The topological polar surface area (TPSA) is 64.9 Å². The highest BCUT2D eigenvalue weighted by molar-refractivity contribution is 5.99. The number of nitriles is 1. The molecular formula is C14H9F2N3O. The average molecular weight is 273 g/mol. The van der Waals surface area contributed by atoms with Crippen molar-refractivity contribution in [3.63, 3.8) is 0 Å². The minimum absolute atomic E-state index is 0.173. The summed E-state index contributed by atoms with van der Waals surface area (Å²) < 4.78 is 26.0. The first-order chi connectivity index (χ1) is 9.58. The second-order valence-corrected chi connectivity index (χ2v) is 3.90. The molecule has 0 aromatic heterocycles. The zero-order valence-corrected chi connectivity index (χ0v) is 10.2. The molecule has 2 amide bonds. The predicted molar refractivity (Wildman–Crippen MR) is 70.2 cm³/mol. The fourth-order valence-electron chi connectivity index (χ4n) is 1.55. The molecule has 2 aromatic carbocycles. The molecule has 0 saturated carbocycles. The molecule has 0 radical (unpaired) electrons. The highest BCUT2D eigenvalue weighted by atomic mass is 19.1. The number of nitrogens with one attached hydrogen (secondary N) is 2. The third-order valence-corrected chi connectivity index (χ3v) is 2.43. The standard InChI is InChI=1S/C14H9F2N3O/c15-10-2-1-3-11(7-10)18-14(20)19-12-4-5-13(16)9(6-12)8-17/h1-7H,(H2,18,19,20). The average Bonchev–Trinajstić information content (AvgIpc) is 2.41. The lowest BCUT2D eigenvalue weighted by Crippen LogP contribution is -2.19. The van der Waals surface area contributed by atoms with Gasteiger partial charge in [0, 0.05) is 11.4 Å². The van der Waals surface area contributed by atoms with E-state index in [4.69, 9.17) is 5.26 Å². The van der Waals surface area contributed by atoms with Gasteiger partial charge in [0.15, 0.2) is 0 Å². The molecule has 2 aromatic rings. The van der Waals surface area contributed by atoms with Crippen molar-refractivity contribution in [2.75, 3.05) is 10.6 Å². The fraction of sp³-hybridized carbons (Fsp3) is 0. The normalized spacial score (nSPS) is 9.65. The Hall–Kier alpha value is -2.94. The van der Waals surface area contributed by atoms with Gasteiger partial charge >= 0.3 is 6.03 Å². The van der Waals surface area contributed by atoms with Crippen LogP contribution in [0.4, 0.5) is 25.0 Å². The summed E-state index contributed by atoms with van der Waals surface area (Å²) in [6.07, 6.45) is 0. The molecule has 4 nitrogen and oxygen atoms in total. The fourth-order valence-corrected chi connectivity index (χ4v) is 1.55. The van der Waals surface area contributed by atoms with E-state index in [1.165, 1.54) is 30.3 Å². The molecule has 2 rings (SSSR count). The van der Waals surface area contributed by atoms with Crippen LogP contribution in [-0.4, -0.2) is 6.03 Å². The number of rotatable bonds is 2. The van der Waals surface area contributed by atoms with Crippen LogP contribution in [0.15, 0.2) is 42.5 Å². The largest absolute Gasteiger partial charge is 0.323 e. The molecule has 0 spiro atoms. The summed E-state index contributed by atoms with van der Waals surface area (Å²) in [4.78, 5) is 11.7. The lowest BCUT2D eigenvalue weighted by atomic mass is 10.2. The summed E-state index contributed by atoms with van der Waals surface area (Å²) in [7, 11) is 0. The minimum Gasteiger partial charge on any atom is -0.308 e. The third kappa shape index (κ3) is 3.29. The first-order valence-electron chi connectivity index (χ1n) is 5.62. The molecule has 0 aliphatic rings. The molecule has 0 saturated heterocycles. The van der Waals surface area contributed by atoms with E-state index in [-0.39, 0.29) is 16.9 Å². The third-order valence-electron chi connectivity index (χ3n) is 2.43. The molecule has 0 aliphatic heterocycles. The van der Waals surface area contributed by atoms with Gasteiger partial charge in [0.1, 0.15) is 17.7 Å². The maximum Gasteiger partial charge on any atom is 0.323 e. The molecule has 0 aliphatic carbocycles. The number of carbonyl (C=O) groups excluding carboxylic acids is 1. The molecule has 100 valence electrons. The van der Waals surface area contributed by atoms with Gasteiger partial charge < -0.3 is 10.6 Å². The van der Waals surface area contributed by atoms with Crippen LogP contribution < -0.4 is 10.6 Å². The van der Waals surface area contributed by atoms with Crippen LogP contribution in [0.5, 0.6) is 0 Å². The summed E-state index contributed by atoms with van der Waals surface area (Å²) in [6.45, 7) is 0.